The Morgan fingerprint density at radius 1 is 1.21 bits per heavy atom. The minimum Gasteiger partial charge on any atom is -0.300 e. The number of carbonyl (C=O) groups excluding carboxylic acids is 1. The van der Waals surface area contributed by atoms with Crippen molar-refractivity contribution in [2.75, 3.05) is 0 Å². The van der Waals surface area contributed by atoms with E-state index in [9.17, 15) is 4.79 Å². The number of carbonyl (C=O) groups is 1. The van der Waals surface area contributed by atoms with Crippen LogP contribution in [-0.4, -0.2) is 5.78 Å². The molecule has 0 saturated heterocycles. The van der Waals surface area contributed by atoms with Crippen molar-refractivity contribution in [1.29, 1.82) is 0 Å². The Labute approximate surface area is 86.1 Å². The highest BCUT2D eigenvalue weighted by atomic mass is 16.1. The maximum atomic E-state index is 11.1. The van der Waals surface area contributed by atoms with Crippen molar-refractivity contribution in [1.82, 2.24) is 0 Å². The molecule has 0 aliphatic carbocycles. The van der Waals surface area contributed by atoms with Crippen LogP contribution in [-0.2, 0) is 4.79 Å². The molecule has 76 valence electrons. The van der Waals surface area contributed by atoms with E-state index in [0.717, 1.165) is 0 Å². The molecule has 0 amide bonds. The molecular weight excluding hydrogens is 172 g/mol. The van der Waals surface area contributed by atoms with Gasteiger partial charge in [0.15, 0.2) is 0 Å². The van der Waals surface area contributed by atoms with E-state index in [1.807, 2.05) is 18.2 Å². The van der Waals surface area contributed by atoms with Gasteiger partial charge in [-0.25, -0.2) is 0 Å². The third kappa shape index (κ3) is 2.99. The Kier molecular flexibility index (Phi) is 3.87. The minimum atomic E-state index is 0.271. The molecule has 1 atom stereocenters. The topological polar surface area (TPSA) is 17.1 Å². The van der Waals surface area contributed by atoms with Crippen molar-refractivity contribution in [3.8, 4) is 0 Å². The van der Waals surface area contributed by atoms with E-state index in [-0.39, 0.29) is 5.78 Å². The van der Waals surface area contributed by atoms with Crippen LogP contribution in [0.2, 0.25) is 0 Å². The molecule has 0 aromatic heterocycles. The summed E-state index contributed by atoms with van der Waals surface area (Å²) in [5, 5.41) is 0. The van der Waals surface area contributed by atoms with E-state index in [1.54, 1.807) is 6.92 Å². The summed E-state index contributed by atoms with van der Waals surface area (Å²) < 4.78 is 0. The number of hydrogen-bond donors (Lipinski definition) is 0. The fraction of sp³-hybridized carbons (Fsp3) is 0.462. The van der Waals surface area contributed by atoms with Crippen LogP contribution < -0.4 is 0 Å². The molecule has 14 heavy (non-hydrogen) atoms. The third-order valence-electron chi connectivity index (χ3n) is 2.54. The zero-order chi connectivity index (χ0) is 10.6. The zero-order valence-electron chi connectivity index (χ0n) is 9.16. The monoisotopic (exact) mass is 190 g/mol. The van der Waals surface area contributed by atoms with Crippen molar-refractivity contribution in [2.45, 2.75) is 33.1 Å². The summed E-state index contributed by atoms with van der Waals surface area (Å²) in [6, 6.07) is 10.3. The molecule has 0 bridgehead atoms. The Hall–Kier alpha value is -1.11. The lowest BCUT2D eigenvalue weighted by molar-refractivity contribution is -0.117. The molecule has 0 aliphatic rings. The molecule has 0 spiro atoms. The summed E-state index contributed by atoms with van der Waals surface area (Å²) in [6.45, 7) is 6.00. The number of ketones is 1. The predicted octanol–water partition coefficient (Wildman–Crippen LogP) is 3.41. The highest BCUT2D eigenvalue weighted by Crippen LogP contribution is 2.27. The predicted molar refractivity (Wildman–Crippen MR) is 59.3 cm³/mol. The molecule has 0 fully saturated rings. The van der Waals surface area contributed by atoms with Gasteiger partial charge in [0.2, 0.25) is 0 Å². The molecule has 0 N–H and O–H groups in total. The van der Waals surface area contributed by atoms with Gasteiger partial charge in [0.1, 0.15) is 5.78 Å². The van der Waals surface area contributed by atoms with Crippen molar-refractivity contribution in [3.05, 3.63) is 35.9 Å². The minimum absolute atomic E-state index is 0.271. The van der Waals surface area contributed by atoms with Crippen LogP contribution in [0.4, 0.5) is 0 Å². The van der Waals surface area contributed by atoms with Gasteiger partial charge in [-0.2, -0.15) is 0 Å². The van der Waals surface area contributed by atoms with Crippen LogP contribution in [0.3, 0.4) is 0 Å². The lowest BCUT2D eigenvalue weighted by Gasteiger charge is -2.19. The van der Waals surface area contributed by atoms with Crippen molar-refractivity contribution in [2.24, 2.45) is 5.92 Å². The van der Waals surface area contributed by atoms with Crippen LogP contribution >= 0.6 is 0 Å². The van der Waals surface area contributed by atoms with Gasteiger partial charge < -0.3 is 4.79 Å². The van der Waals surface area contributed by atoms with Crippen molar-refractivity contribution in [3.63, 3.8) is 0 Å². The Balaban J connectivity index is 2.83. The molecular formula is C13H18O. The van der Waals surface area contributed by atoms with Gasteiger partial charge in [-0.15, -0.1) is 0 Å². The molecule has 1 nitrogen and oxygen atoms in total. The second-order valence-corrected chi connectivity index (χ2v) is 4.17. The zero-order valence-corrected chi connectivity index (χ0v) is 9.16. The largest absolute Gasteiger partial charge is 0.300 e. The van der Waals surface area contributed by atoms with Gasteiger partial charge in [-0.1, -0.05) is 44.2 Å². The van der Waals surface area contributed by atoms with Gasteiger partial charge in [-0.3, -0.25) is 0 Å². The maximum absolute atomic E-state index is 11.1. The SMILES string of the molecule is CC(=O)C[C@H](c1ccccc1)C(C)C. The summed E-state index contributed by atoms with van der Waals surface area (Å²) in [5.74, 6) is 1.16. The highest BCUT2D eigenvalue weighted by Gasteiger charge is 2.16. The van der Waals surface area contributed by atoms with Gasteiger partial charge in [0.25, 0.3) is 0 Å². The molecule has 0 unspecified atom stereocenters. The first-order valence-electron chi connectivity index (χ1n) is 5.15. The van der Waals surface area contributed by atoms with E-state index < -0.39 is 0 Å². The van der Waals surface area contributed by atoms with E-state index >= 15 is 0 Å². The van der Waals surface area contributed by atoms with Crippen LogP contribution in [0.5, 0.6) is 0 Å². The molecule has 0 saturated carbocycles. The fourth-order valence-electron chi connectivity index (χ4n) is 1.75. The number of rotatable bonds is 4. The summed E-state index contributed by atoms with van der Waals surface area (Å²) in [4.78, 5) is 11.1. The summed E-state index contributed by atoms with van der Waals surface area (Å²) in [6.07, 6.45) is 0.654. The van der Waals surface area contributed by atoms with E-state index in [1.165, 1.54) is 5.56 Å². The summed E-state index contributed by atoms with van der Waals surface area (Å²) >= 11 is 0. The van der Waals surface area contributed by atoms with Gasteiger partial charge >= 0.3 is 0 Å². The lowest BCUT2D eigenvalue weighted by atomic mass is 9.85. The smallest absolute Gasteiger partial charge is 0.130 e. The summed E-state index contributed by atoms with van der Waals surface area (Å²) in [5.41, 5.74) is 1.28. The Bertz CT molecular complexity index is 287. The number of Topliss-reactive ketones (excluding diaryl/α,β-unsaturated/α-hetero) is 1. The quantitative estimate of drug-likeness (QED) is 0.711. The van der Waals surface area contributed by atoms with E-state index in [4.69, 9.17) is 0 Å². The normalized spacial score (nSPS) is 12.9. The van der Waals surface area contributed by atoms with E-state index in [0.29, 0.717) is 18.3 Å². The van der Waals surface area contributed by atoms with Gasteiger partial charge in [0, 0.05) is 6.42 Å². The molecule has 1 aromatic carbocycles. The van der Waals surface area contributed by atoms with Crippen LogP contribution in [0.15, 0.2) is 30.3 Å². The Morgan fingerprint density at radius 2 is 1.79 bits per heavy atom. The molecule has 0 heterocycles. The average molecular weight is 190 g/mol. The third-order valence-corrected chi connectivity index (χ3v) is 2.54. The molecule has 1 aromatic rings. The maximum Gasteiger partial charge on any atom is 0.130 e. The highest BCUT2D eigenvalue weighted by molar-refractivity contribution is 5.76. The van der Waals surface area contributed by atoms with Crippen LogP contribution in [0, 0.1) is 5.92 Å². The second kappa shape index (κ2) is 4.94. The fourth-order valence-corrected chi connectivity index (χ4v) is 1.75. The standard InChI is InChI=1S/C13H18O/c1-10(2)13(9-11(3)14)12-7-5-4-6-8-12/h4-8,10,13H,9H2,1-3H3/t13-/m0/s1. The Morgan fingerprint density at radius 3 is 2.21 bits per heavy atom. The molecule has 1 rings (SSSR count). The first-order valence-corrected chi connectivity index (χ1v) is 5.15. The van der Waals surface area contributed by atoms with Crippen LogP contribution in [0.1, 0.15) is 38.7 Å². The van der Waals surface area contributed by atoms with Crippen molar-refractivity contribution >= 4 is 5.78 Å². The van der Waals surface area contributed by atoms with E-state index in [2.05, 4.69) is 26.0 Å². The molecule has 0 aliphatic heterocycles. The second-order valence-electron chi connectivity index (χ2n) is 4.17. The first-order chi connectivity index (χ1) is 6.61. The van der Waals surface area contributed by atoms with Crippen molar-refractivity contribution < 1.29 is 4.79 Å². The van der Waals surface area contributed by atoms with Crippen LogP contribution in [0.25, 0.3) is 0 Å². The average Bonchev–Trinajstić information content (AvgIpc) is 2.15. The number of benzene rings is 1. The lowest BCUT2D eigenvalue weighted by Crippen LogP contribution is -2.10. The molecule has 0 radical (unpaired) electrons. The first kappa shape index (κ1) is 11.0. The molecule has 1 heteroatoms. The number of hydrogen-bond acceptors (Lipinski definition) is 1. The van der Waals surface area contributed by atoms with Gasteiger partial charge in [0.05, 0.1) is 0 Å². The van der Waals surface area contributed by atoms with Gasteiger partial charge in [-0.05, 0) is 24.3 Å². The summed E-state index contributed by atoms with van der Waals surface area (Å²) in [7, 11) is 0.